The molecular weight excluding hydrogens is 473 g/mol. The van der Waals surface area contributed by atoms with E-state index in [0.717, 1.165) is 11.0 Å². The number of hydrogen-bond acceptors (Lipinski definition) is 4. The molecule has 3 aromatic rings. The summed E-state index contributed by atoms with van der Waals surface area (Å²) in [5.74, 6) is -2.09. The molecule has 10 heteroatoms. The molecule has 1 aromatic heterocycles. The summed E-state index contributed by atoms with van der Waals surface area (Å²) in [4.78, 5) is 39.9. The minimum absolute atomic E-state index is 0.00985. The lowest BCUT2D eigenvalue weighted by molar-refractivity contribution is -0.142. The van der Waals surface area contributed by atoms with Crippen molar-refractivity contribution in [1.29, 1.82) is 0 Å². The zero-order valence-electron chi connectivity index (χ0n) is 19.8. The summed E-state index contributed by atoms with van der Waals surface area (Å²) in [6, 6.07) is 10.6. The molecule has 1 N–H and O–H groups in total. The standard InChI is InChI=1S/C26H25F3N4O3/c1-15-16(2)25(35)31-30-21(15)13-17-8-9-20(27)19(12-17)26(36)32-10-11-33(22(34)14-32)23(24(28)29)18-6-4-3-5-7-18/h3-9,12,23-24H,10-11,13-14H2,1-2H3,(H,31,35)/t23-/m0/s1. The quantitative estimate of drug-likeness (QED) is 0.565. The Labute approximate surface area is 205 Å². The minimum atomic E-state index is -2.80. The highest BCUT2D eigenvalue weighted by Crippen LogP contribution is 2.29. The van der Waals surface area contributed by atoms with E-state index in [2.05, 4.69) is 10.2 Å². The molecule has 1 aliphatic rings. The van der Waals surface area contributed by atoms with Crippen LogP contribution in [0.5, 0.6) is 0 Å². The van der Waals surface area contributed by atoms with Gasteiger partial charge in [0.1, 0.15) is 18.4 Å². The highest BCUT2D eigenvalue weighted by atomic mass is 19.3. The number of carbonyl (C=O) groups excluding carboxylic acids is 2. The monoisotopic (exact) mass is 498 g/mol. The molecule has 0 spiro atoms. The molecule has 1 saturated heterocycles. The predicted octanol–water partition coefficient (Wildman–Crippen LogP) is 3.41. The van der Waals surface area contributed by atoms with Crippen LogP contribution in [0.3, 0.4) is 0 Å². The lowest BCUT2D eigenvalue weighted by atomic mass is 10.0. The van der Waals surface area contributed by atoms with E-state index in [1.54, 1.807) is 32.0 Å². The molecule has 188 valence electrons. The first-order chi connectivity index (χ1) is 17.2. The Morgan fingerprint density at radius 1 is 1.06 bits per heavy atom. The minimum Gasteiger partial charge on any atom is -0.327 e. The van der Waals surface area contributed by atoms with E-state index in [1.807, 2.05) is 0 Å². The van der Waals surface area contributed by atoms with Crippen molar-refractivity contribution in [3.8, 4) is 0 Å². The summed E-state index contributed by atoms with van der Waals surface area (Å²) in [6.07, 6.45) is -2.55. The lowest BCUT2D eigenvalue weighted by Crippen LogP contribution is -2.54. The van der Waals surface area contributed by atoms with Crippen LogP contribution in [0, 0.1) is 19.7 Å². The molecule has 0 unspecified atom stereocenters. The van der Waals surface area contributed by atoms with E-state index in [-0.39, 0.29) is 30.6 Å². The third kappa shape index (κ3) is 5.02. The summed E-state index contributed by atoms with van der Waals surface area (Å²) >= 11 is 0. The normalized spacial score (nSPS) is 14.9. The van der Waals surface area contributed by atoms with Crippen LogP contribution < -0.4 is 5.56 Å². The Morgan fingerprint density at radius 2 is 1.78 bits per heavy atom. The number of carbonyl (C=O) groups is 2. The number of aromatic nitrogens is 2. The van der Waals surface area contributed by atoms with Crippen LogP contribution in [-0.2, 0) is 11.2 Å². The number of H-pyrrole nitrogens is 1. The van der Waals surface area contributed by atoms with Crippen molar-refractivity contribution < 1.29 is 22.8 Å². The molecule has 7 nitrogen and oxygen atoms in total. The average molecular weight is 499 g/mol. The third-order valence-electron chi connectivity index (χ3n) is 6.52. The fourth-order valence-electron chi connectivity index (χ4n) is 4.32. The SMILES string of the molecule is Cc1c(Cc2ccc(F)c(C(=O)N3CCN([C@@H](c4ccccc4)C(F)F)C(=O)C3)c2)n[nH]c(=O)c1C. The number of rotatable bonds is 6. The first kappa shape index (κ1) is 25.2. The molecule has 0 radical (unpaired) electrons. The van der Waals surface area contributed by atoms with Gasteiger partial charge in [-0.3, -0.25) is 14.4 Å². The molecule has 36 heavy (non-hydrogen) atoms. The fraction of sp³-hybridized carbons (Fsp3) is 0.308. The van der Waals surface area contributed by atoms with E-state index in [4.69, 9.17) is 0 Å². The fourth-order valence-corrected chi connectivity index (χ4v) is 4.32. The smallest absolute Gasteiger partial charge is 0.267 e. The summed E-state index contributed by atoms with van der Waals surface area (Å²) in [5, 5.41) is 6.47. The highest BCUT2D eigenvalue weighted by Gasteiger charge is 2.37. The second kappa shape index (κ2) is 10.3. The van der Waals surface area contributed by atoms with Crippen molar-refractivity contribution in [2.75, 3.05) is 19.6 Å². The van der Waals surface area contributed by atoms with Crippen molar-refractivity contribution >= 4 is 11.8 Å². The van der Waals surface area contributed by atoms with Crippen LogP contribution in [0.4, 0.5) is 13.2 Å². The Kier molecular flexibility index (Phi) is 7.23. The maximum Gasteiger partial charge on any atom is 0.267 e. The van der Waals surface area contributed by atoms with Gasteiger partial charge in [-0.1, -0.05) is 36.4 Å². The van der Waals surface area contributed by atoms with Crippen molar-refractivity contribution in [3.05, 3.63) is 98.2 Å². The van der Waals surface area contributed by atoms with E-state index in [1.165, 1.54) is 29.2 Å². The maximum atomic E-state index is 14.6. The van der Waals surface area contributed by atoms with Gasteiger partial charge >= 0.3 is 0 Å². The molecule has 0 bridgehead atoms. The number of benzene rings is 2. The largest absolute Gasteiger partial charge is 0.327 e. The number of hydrogen-bond donors (Lipinski definition) is 1. The zero-order valence-corrected chi connectivity index (χ0v) is 19.8. The van der Waals surface area contributed by atoms with Crippen molar-refractivity contribution in [2.24, 2.45) is 0 Å². The predicted molar refractivity (Wildman–Crippen MR) is 126 cm³/mol. The summed E-state index contributed by atoms with van der Waals surface area (Å²) in [6.45, 7) is 2.89. The molecule has 1 fully saturated rings. The van der Waals surface area contributed by atoms with Gasteiger partial charge in [0, 0.05) is 25.1 Å². The first-order valence-electron chi connectivity index (χ1n) is 11.4. The number of alkyl halides is 2. The van der Waals surface area contributed by atoms with E-state index in [0.29, 0.717) is 27.9 Å². The third-order valence-corrected chi connectivity index (χ3v) is 6.52. The van der Waals surface area contributed by atoms with E-state index < -0.39 is 36.6 Å². The van der Waals surface area contributed by atoms with E-state index in [9.17, 15) is 27.6 Å². The second-order valence-electron chi connectivity index (χ2n) is 8.74. The van der Waals surface area contributed by atoms with Gasteiger partial charge in [-0.15, -0.1) is 0 Å². The topological polar surface area (TPSA) is 86.4 Å². The number of nitrogens with zero attached hydrogens (tertiary/aromatic N) is 3. The number of amides is 2. The van der Waals surface area contributed by atoms with Crippen LogP contribution in [0.1, 0.15) is 44.3 Å². The number of aromatic amines is 1. The molecule has 1 atom stereocenters. The second-order valence-corrected chi connectivity index (χ2v) is 8.74. The van der Waals surface area contributed by atoms with Crippen LogP contribution in [-0.4, -0.2) is 57.9 Å². The average Bonchev–Trinajstić information content (AvgIpc) is 2.86. The molecule has 0 saturated carbocycles. The van der Waals surface area contributed by atoms with Crippen molar-refractivity contribution in [1.82, 2.24) is 20.0 Å². The Hall–Kier alpha value is -3.95. The van der Waals surface area contributed by atoms with Crippen LogP contribution >= 0.6 is 0 Å². The number of nitrogens with one attached hydrogen (secondary N) is 1. The van der Waals surface area contributed by atoms with Crippen LogP contribution in [0.2, 0.25) is 0 Å². The van der Waals surface area contributed by atoms with E-state index >= 15 is 0 Å². The van der Waals surface area contributed by atoms with Gasteiger partial charge in [0.15, 0.2) is 0 Å². The van der Waals surface area contributed by atoms with Gasteiger partial charge < -0.3 is 9.80 Å². The zero-order chi connectivity index (χ0) is 26.0. The van der Waals surface area contributed by atoms with Crippen LogP contribution in [0.25, 0.3) is 0 Å². The van der Waals surface area contributed by atoms with Gasteiger partial charge in [-0.2, -0.15) is 5.10 Å². The first-order valence-corrected chi connectivity index (χ1v) is 11.4. The molecule has 4 rings (SSSR count). The molecule has 2 amide bonds. The number of piperazine rings is 1. The summed E-state index contributed by atoms with van der Waals surface area (Å²) in [5.41, 5.74) is 2.18. The molecule has 1 aliphatic heterocycles. The van der Waals surface area contributed by atoms with Gasteiger partial charge in [0.05, 0.1) is 11.3 Å². The van der Waals surface area contributed by atoms with Crippen molar-refractivity contribution in [3.63, 3.8) is 0 Å². The maximum absolute atomic E-state index is 14.6. The molecule has 2 aromatic carbocycles. The van der Waals surface area contributed by atoms with Gasteiger partial charge in [-0.25, -0.2) is 18.3 Å². The number of halogens is 3. The van der Waals surface area contributed by atoms with Gasteiger partial charge in [0.25, 0.3) is 17.9 Å². The Bertz CT molecular complexity index is 1340. The van der Waals surface area contributed by atoms with Crippen LogP contribution in [0.15, 0.2) is 53.3 Å². The lowest BCUT2D eigenvalue weighted by Gasteiger charge is -2.39. The summed E-state index contributed by atoms with van der Waals surface area (Å²) < 4.78 is 42.4. The highest BCUT2D eigenvalue weighted by molar-refractivity contribution is 5.97. The Balaban J connectivity index is 1.52. The van der Waals surface area contributed by atoms with Gasteiger partial charge in [-0.05, 0) is 42.7 Å². The molecular formula is C26H25F3N4O3. The molecule has 0 aliphatic carbocycles. The Morgan fingerprint density at radius 3 is 2.44 bits per heavy atom. The van der Waals surface area contributed by atoms with Gasteiger partial charge in [0.2, 0.25) is 5.91 Å². The molecule has 2 heterocycles. The van der Waals surface area contributed by atoms with Crippen molar-refractivity contribution in [2.45, 2.75) is 32.7 Å². The summed E-state index contributed by atoms with van der Waals surface area (Å²) in [7, 11) is 0.